The second-order valence-electron chi connectivity index (χ2n) is 7.87. The summed E-state index contributed by atoms with van der Waals surface area (Å²) in [4.78, 5) is 24.0. The summed E-state index contributed by atoms with van der Waals surface area (Å²) in [6.45, 7) is 2.09. The van der Waals surface area contributed by atoms with E-state index in [1.165, 1.54) is 5.57 Å². The lowest BCUT2D eigenvalue weighted by molar-refractivity contribution is -0.131. The van der Waals surface area contributed by atoms with E-state index in [0.29, 0.717) is 30.6 Å². The van der Waals surface area contributed by atoms with Gasteiger partial charge in [-0.3, -0.25) is 9.59 Å². The predicted molar refractivity (Wildman–Crippen MR) is 78.5 cm³/mol. The van der Waals surface area contributed by atoms with Crippen LogP contribution in [0.1, 0.15) is 51.9 Å². The highest BCUT2D eigenvalue weighted by molar-refractivity contribution is 5.91. The zero-order valence-corrected chi connectivity index (χ0v) is 12.7. The Morgan fingerprint density at radius 1 is 1.14 bits per heavy atom. The molecule has 0 aromatic carbocycles. The van der Waals surface area contributed by atoms with Gasteiger partial charge in [-0.25, -0.2) is 0 Å². The van der Waals surface area contributed by atoms with Crippen LogP contribution in [0.3, 0.4) is 0 Å². The fourth-order valence-electron chi connectivity index (χ4n) is 6.01. The minimum Gasteiger partial charge on any atom is -0.392 e. The van der Waals surface area contributed by atoms with Crippen LogP contribution in [0.4, 0.5) is 0 Å². The number of rotatable bonds is 0. The Hall–Kier alpha value is -0.960. The molecule has 4 rings (SSSR count). The summed E-state index contributed by atoms with van der Waals surface area (Å²) in [5, 5.41) is 10.4. The molecule has 0 heterocycles. The Bertz CT molecular complexity index is 535. The molecule has 114 valence electrons. The van der Waals surface area contributed by atoms with Gasteiger partial charge in [0, 0.05) is 24.2 Å². The first-order valence-electron chi connectivity index (χ1n) is 8.45. The van der Waals surface area contributed by atoms with Crippen LogP contribution < -0.4 is 0 Å². The van der Waals surface area contributed by atoms with Crippen LogP contribution in [0, 0.1) is 29.1 Å². The molecule has 3 nitrogen and oxygen atoms in total. The van der Waals surface area contributed by atoms with Gasteiger partial charge in [0.1, 0.15) is 5.78 Å². The van der Waals surface area contributed by atoms with Crippen LogP contribution in [0.25, 0.3) is 0 Å². The molecule has 0 spiro atoms. The highest BCUT2D eigenvalue weighted by Crippen LogP contribution is 2.60. The molecule has 3 saturated carbocycles. The van der Waals surface area contributed by atoms with Crippen molar-refractivity contribution >= 4 is 11.6 Å². The molecule has 0 radical (unpaired) electrons. The first-order valence-corrected chi connectivity index (χ1v) is 8.45. The molecular weight excluding hydrogens is 264 g/mol. The second-order valence-corrected chi connectivity index (χ2v) is 7.87. The van der Waals surface area contributed by atoms with E-state index in [-0.39, 0.29) is 22.9 Å². The molecule has 0 saturated heterocycles. The van der Waals surface area contributed by atoms with Crippen LogP contribution in [0.5, 0.6) is 0 Å². The largest absolute Gasteiger partial charge is 0.392 e. The first kappa shape index (κ1) is 13.7. The summed E-state index contributed by atoms with van der Waals surface area (Å²) in [5.41, 5.74) is 1.07. The van der Waals surface area contributed by atoms with E-state index in [1.54, 1.807) is 0 Å². The topological polar surface area (TPSA) is 54.4 Å². The van der Waals surface area contributed by atoms with Gasteiger partial charge in [0.2, 0.25) is 0 Å². The quantitative estimate of drug-likeness (QED) is 0.745. The average molecular weight is 288 g/mol. The van der Waals surface area contributed by atoms with Crippen molar-refractivity contribution in [2.45, 2.75) is 58.0 Å². The smallest absolute Gasteiger partial charge is 0.155 e. The summed E-state index contributed by atoms with van der Waals surface area (Å²) < 4.78 is 0. The highest BCUT2D eigenvalue weighted by Gasteiger charge is 2.59. The maximum absolute atomic E-state index is 12.3. The van der Waals surface area contributed by atoms with E-state index in [2.05, 4.69) is 6.92 Å². The van der Waals surface area contributed by atoms with Crippen molar-refractivity contribution in [3.63, 3.8) is 0 Å². The third-order valence-electron chi connectivity index (χ3n) is 7.00. The number of Topliss-reactive ketones (excluding diaryl/α,β-unsaturated/α-hetero) is 1. The van der Waals surface area contributed by atoms with Gasteiger partial charge in [0.05, 0.1) is 6.10 Å². The second kappa shape index (κ2) is 4.52. The normalized spacial score (nSPS) is 49.2. The Morgan fingerprint density at radius 2 is 1.95 bits per heavy atom. The fraction of sp³-hybridized carbons (Fsp3) is 0.778. The molecule has 0 aliphatic heterocycles. The van der Waals surface area contributed by atoms with Gasteiger partial charge in [0.25, 0.3) is 0 Å². The number of fused-ring (bicyclic) bond motifs is 5. The molecule has 4 aliphatic carbocycles. The molecule has 0 amide bonds. The SMILES string of the molecule is C[C@]12CC[C@H]3[C@@H](CCC4=CC(=O)CC[C@@H]43)[C@@H]1[C@@H](O)CC2=O. The zero-order chi connectivity index (χ0) is 14.8. The zero-order valence-electron chi connectivity index (χ0n) is 12.7. The van der Waals surface area contributed by atoms with Gasteiger partial charge >= 0.3 is 0 Å². The Labute approximate surface area is 125 Å². The van der Waals surface area contributed by atoms with Crippen molar-refractivity contribution in [2.75, 3.05) is 0 Å². The summed E-state index contributed by atoms with van der Waals surface area (Å²) >= 11 is 0. The number of allylic oxidation sites excluding steroid dienone is 1. The van der Waals surface area contributed by atoms with Crippen molar-refractivity contribution < 1.29 is 14.7 Å². The monoisotopic (exact) mass is 288 g/mol. The fourth-order valence-corrected chi connectivity index (χ4v) is 6.01. The molecule has 3 heteroatoms. The molecule has 6 atom stereocenters. The Balaban J connectivity index is 1.67. The lowest BCUT2D eigenvalue weighted by atomic mass is 9.52. The number of aliphatic hydroxyl groups excluding tert-OH is 1. The summed E-state index contributed by atoms with van der Waals surface area (Å²) in [6.07, 6.45) is 7.53. The molecule has 3 fully saturated rings. The molecule has 1 N–H and O–H groups in total. The summed E-state index contributed by atoms with van der Waals surface area (Å²) in [7, 11) is 0. The average Bonchev–Trinajstić information content (AvgIpc) is 2.68. The maximum atomic E-state index is 12.3. The van der Waals surface area contributed by atoms with Gasteiger partial charge in [-0.05, 0) is 55.9 Å². The molecule has 0 unspecified atom stereocenters. The number of hydrogen-bond donors (Lipinski definition) is 1. The van der Waals surface area contributed by atoms with Gasteiger partial charge in [-0.15, -0.1) is 0 Å². The van der Waals surface area contributed by atoms with E-state index < -0.39 is 6.10 Å². The van der Waals surface area contributed by atoms with E-state index in [0.717, 1.165) is 32.1 Å². The lowest BCUT2D eigenvalue weighted by Crippen LogP contribution is -2.48. The van der Waals surface area contributed by atoms with Crippen molar-refractivity contribution in [2.24, 2.45) is 29.1 Å². The van der Waals surface area contributed by atoms with Crippen LogP contribution >= 0.6 is 0 Å². The number of ketones is 2. The van der Waals surface area contributed by atoms with Crippen LogP contribution in [0.15, 0.2) is 11.6 Å². The Morgan fingerprint density at radius 3 is 2.76 bits per heavy atom. The molecule has 0 aromatic rings. The maximum Gasteiger partial charge on any atom is 0.155 e. The van der Waals surface area contributed by atoms with E-state index >= 15 is 0 Å². The minimum absolute atomic E-state index is 0.155. The molecule has 0 aromatic heterocycles. The highest BCUT2D eigenvalue weighted by atomic mass is 16.3. The van der Waals surface area contributed by atoms with Crippen molar-refractivity contribution in [3.8, 4) is 0 Å². The summed E-state index contributed by atoms with van der Waals surface area (Å²) in [5.74, 6) is 2.31. The van der Waals surface area contributed by atoms with Gasteiger partial charge in [0.15, 0.2) is 5.78 Å². The van der Waals surface area contributed by atoms with Crippen LogP contribution in [-0.4, -0.2) is 22.8 Å². The van der Waals surface area contributed by atoms with Crippen molar-refractivity contribution in [1.82, 2.24) is 0 Å². The predicted octanol–water partition coefficient (Wildman–Crippen LogP) is 2.67. The number of hydrogen-bond acceptors (Lipinski definition) is 3. The van der Waals surface area contributed by atoms with Gasteiger partial charge in [-0.1, -0.05) is 12.5 Å². The number of aliphatic hydroxyl groups is 1. The molecule has 4 aliphatic rings. The molecule has 21 heavy (non-hydrogen) atoms. The minimum atomic E-state index is -0.439. The molecular formula is C18H24O3. The lowest BCUT2D eigenvalue weighted by Gasteiger charge is -2.52. The van der Waals surface area contributed by atoms with Crippen LogP contribution in [-0.2, 0) is 9.59 Å². The number of carbonyl (C=O) groups is 2. The van der Waals surface area contributed by atoms with Crippen LogP contribution in [0.2, 0.25) is 0 Å². The van der Waals surface area contributed by atoms with Gasteiger partial charge in [-0.2, -0.15) is 0 Å². The molecule has 0 bridgehead atoms. The Kier molecular flexibility index (Phi) is 2.94. The standard InChI is InChI=1S/C18H24O3/c1-18-7-6-13-12-5-3-11(19)8-10(12)2-4-14(13)17(18)15(20)9-16(18)21/h8,12-15,17,20H,2-7,9H2,1H3/t12-,13+,14+,15-,17+,18+/m0/s1. The number of carbonyl (C=O) groups excluding carboxylic acids is 2. The third kappa shape index (κ3) is 1.82. The van der Waals surface area contributed by atoms with Gasteiger partial charge < -0.3 is 5.11 Å². The van der Waals surface area contributed by atoms with Crippen molar-refractivity contribution in [3.05, 3.63) is 11.6 Å². The van der Waals surface area contributed by atoms with Crippen molar-refractivity contribution in [1.29, 1.82) is 0 Å². The van der Waals surface area contributed by atoms with E-state index in [4.69, 9.17) is 0 Å². The van der Waals surface area contributed by atoms with E-state index in [1.807, 2.05) is 6.08 Å². The first-order chi connectivity index (χ1) is 10.0. The summed E-state index contributed by atoms with van der Waals surface area (Å²) in [6, 6.07) is 0. The third-order valence-corrected chi connectivity index (χ3v) is 7.00. The van der Waals surface area contributed by atoms with E-state index in [9.17, 15) is 14.7 Å².